The molecular formula is C31H52NNaO9. The van der Waals surface area contributed by atoms with Gasteiger partial charge in [0.15, 0.2) is 12.1 Å². The molecule has 3 rings (SSSR count). The third-order valence-corrected chi connectivity index (χ3v) is 9.29. The third kappa shape index (κ3) is 9.17. The summed E-state index contributed by atoms with van der Waals surface area (Å²) >= 11 is 0. The number of ketones is 1. The molecule has 3 aliphatic rings. The molecule has 2 fully saturated rings. The second kappa shape index (κ2) is 16.0. The fourth-order valence-corrected chi connectivity index (χ4v) is 6.50. The number of fused-ring (bicyclic) bond motifs is 1. The van der Waals surface area contributed by atoms with E-state index in [1.165, 1.54) is 0 Å². The van der Waals surface area contributed by atoms with E-state index in [1.54, 1.807) is 19.1 Å². The normalized spacial score (nSPS) is 44.5. The number of hydrogen-bond acceptors (Lipinski definition) is 10. The van der Waals surface area contributed by atoms with E-state index in [0.29, 0.717) is 19.3 Å². The number of rotatable bonds is 6. The summed E-state index contributed by atoms with van der Waals surface area (Å²) < 4.78 is 24.2. The van der Waals surface area contributed by atoms with Gasteiger partial charge in [0.2, 0.25) is 0 Å². The minimum absolute atomic E-state index is 0. The van der Waals surface area contributed by atoms with E-state index < -0.39 is 60.0 Å². The first-order valence-electron chi connectivity index (χ1n) is 15.1. The van der Waals surface area contributed by atoms with Crippen LogP contribution in [0.5, 0.6) is 0 Å². The van der Waals surface area contributed by atoms with E-state index in [2.05, 4.69) is 0 Å². The molecule has 0 aromatic heterocycles. The topological polar surface area (TPSA) is 135 Å². The number of aliphatic hydroxyl groups excluding tert-OH is 2. The zero-order valence-corrected chi connectivity index (χ0v) is 25.9. The van der Waals surface area contributed by atoms with Crippen LogP contribution in [-0.4, -0.2) is 131 Å². The number of allylic oxidation sites excluding steroid dienone is 1. The average molecular weight is 606 g/mol. The Hall–Kier alpha value is -0.690. The number of nitrogens with zero attached hydrogens (tertiary/aromatic N) is 1. The molecule has 0 radical (unpaired) electrons. The Kier molecular flexibility index (Phi) is 14.3. The van der Waals surface area contributed by atoms with Crippen molar-refractivity contribution in [1.29, 1.82) is 0 Å². The maximum atomic E-state index is 13.2. The van der Waals surface area contributed by atoms with E-state index in [-0.39, 0.29) is 72.3 Å². The first kappa shape index (κ1) is 37.5. The Balaban J connectivity index is 0.00000616. The van der Waals surface area contributed by atoms with Crippen LogP contribution in [0.3, 0.4) is 0 Å². The van der Waals surface area contributed by atoms with Gasteiger partial charge in [0, 0.05) is 30.2 Å². The average Bonchev–Trinajstić information content (AvgIpc) is 3.60. The van der Waals surface area contributed by atoms with Crippen LogP contribution < -0.4 is 0 Å². The van der Waals surface area contributed by atoms with Crippen molar-refractivity contribution in [3.05, 3.63) is 12.2 Å². The predicted molar refractivity (Wildman–Crippen MR) is 159 cm³/mol. The Morgan fingerprint density at radius 1 is 1.12 bits per heavy atom. The minimum atomic E-state index is -1.15. The van der Waals surface area contributed by atoms with Crippen LogP contribution in [-0.2, 0) is 33.3 Å². The molecule has 42 heavy (non-hydrogen) atoms. The van der Waals surface area contributed by atoms with Crippen molar-refractivity contribution in [2.75, 3.05) is 14.1 Å². The summed E-state index contributed by atoms with van der Waals surface area (Å²) in [6.45, 7) is 11.3. The fourth-order valence-electron chi connectivity index (χ4n) is 6.50. The van der Waals surface area contributed by atoms with E-state index in [1.807, 2.05) is 53.6 Å². The standard InChI is InChI=1S/C31H51NO9.Na.H/c1-9-25-20(5)29-31(6,41-29)12-10-23(34)17(2)14-21(11-13-33)28(19(4)24(35)16-26(36)39-25)40-30-27(37)22(32(7)8)15-18(3)38-30;;/h10,12-13,17-22,24-25,27-30,35,37H,9,11,14-16H2,1-8H3;;/b12-10+;;/t17-,18-,19+,20?,21+,22+,24-,25?,27-,28-,29?,30+,31+;;/m1../s1. The zero-order valence-electron chi connectivity index (χ0n) is 25.9. The number of carbonyl (C=O) groups is 3. The molecule has 0 bridgehead atoms. The SMILES string of the molecule is CCC1OC(=O)C[C@@H](O)[C@H](C)[C@@H](O[C@@H]2O[C@H](C)C[C@H](N(C)C)[C@H]2O)[C@@H](CC=O)C[C@@H](C)C(=O)/C=C/[C@]2(C)OC2C1C.[NaH]. The summed E-state index contributed by atoms with van der Waals surface area (Å²) in [5.41, 5.74) is -0.637. The van der Waals surface area contributed by atoms with Gasteiger partial charge in [-0.2, -0.15) is 0 Å². The van der Waals surface area contributed by atoms with Crippen LogP contribution >= 0.6 is 0 Å². The number of epoxide rings is 1. The summed E-state index contributed by atoms with van der Waals surface area (Å²) in [6.07, 6.45) is 0.627. The maximum absolute atomic E-state index is 13.2. The van der Waals surface area contributed by atoms with Crippen molar-refractivity contribution in [3.8, 4) is 0 Å². The predicted octanol–water partition coefficient (Wildman–Crippen LogP) is 2.02. The number of ether oxygens (including phenoxy) is 4. The Morgan fingerprint density at radius 2 is 1.79 bits per heavy atom. The quantitative estimate of drug-likeness (QED) is 0.200. The molecule has 236 valence electrons. The summed E-state index contributed by atoms with van der Waals surface area (Å²) in [5.74, 6) is -2.32. The Morgan fingerprint density at radius 3 is 2.38 bits per heavy atom. The van der Waals surface area contributed by atoms with E-state index in [0.717, 1.165) is 6.29 Å². The molecule has 3 aliphatic heterocycles. The fraction of sp³-hybridized carbons (Fsp3) is 0.839. The summed E-state index contributed by atoms with van der Waals surface area (Å²) in [4.78, 5) is 40.0. The molecule has 0 aromatic rings. The third-order valence-electron chi connectivity index (χ3n) is 9.29. The number of likely N-dealkylation sites (N-methyl/N-ethyl adjacent to an activating group) is 1. The molecule has 0 aromatic carbocycles. The first-order valence-corrected chi connectivity index (χ1v) is 15.1. The van der Waals surface area contributed by atoms with E-state index in [4.69, 9.17) is 18.9 Å². The molecule has 0 amide bonds. The van der Waals surface area contributed by atoms with Crippen LogP contribution in [0.2, 0.25) is 0 Å². The number of aliphatic hydroxyl groups is 2. The van der Waals surface area contributed by atoms with Crippen LogP contribution in [0.4, 0.5) is 0 Å². The molecule has 2 N–H and O–H groups in total. The molecule has 11 heteroatoms. The number of cyclic esters (lactones) is 1. The summed E-state index contributed by atoms with van der Waals surface area (Å²) in [7, 11) is 3.76. The number of carbonyl (C=O) groups excluding carboxylic acids is 3. The molecular weight excluding hydrogens is 553 g/mol. The number of hydrogen-bond donors (Lipinski definition) is 2. The van der Waals surface area contributed by atoms with Crippen molar-refractivity contribution in [2.24, 2.45) is 23.7 Å². The van der Waals surface area contributed by atoms with Crippen molar-refractivity contribution in [2.45, 2.75) is 128 Å². The molecule has 0 aliphatic carbocycles. The zero-order chi connectivity index (χ0) is 30.6. The monoisotopic (exact) mass is 605 g/mol. The van der Waals surface area contributed by atoms with E-state index in [9.17, 15) is 24.6 Å². The molecule has 2 saturated heterocycles. The van der Waals surface area contributed by atoms with Crippen LogP contribution in [0.1, 0.15) is 73.6 Å². The van der Waals surface area contributed by atoms with Crippen molar-refractivity contribution < 1.29 is 43.5 Å². The molecule has 0 spiro atoms. The second-order valence-electron chi connectivity index (χ2n) is 12.9. The number of esters is 1. The van der Waals surface area contributed by atoms with Crippen molar-refractivity contribution in [3.63, 3.8) is 0 Å². The second-order valence-corrected chi connectivity index (χ2v) is 12.9. The van der Waals surface area contributed by atoms with Crippen LogP contribution in [0, 0.1) is 23.7 Å². The molecule has 0 saturated carbocycles. The molecule has 3 heterocycles. The van der Waals surface area contributed by atoms with E-state index >= 15 is 0 Å². The van der Waals surface area contributed by atoms with Gasteiger partial charge in [-0.25, -0.2) is 0 Å². The van der Waals surface area contributed by atoms with Gasteiger partial charge in [0.25, 0.3) is 0 Å². The summed E-state index contributed by atoms with van der Waals surface area (Å²) in [5, 5.41) is 22.4. The van der Waals surface area contributed by atoms with Gasteiger partial charge in [-0.05, 0) is 65.3 Å². The van der Waals surface area contributed by atoms with Crippen LogP contribution in [0.25, 0.3) is 0 Å². The molecule has 10 nitrogen and oxygen atoms in total. The van der Waals surface area contributed by atoms with Gasteiger partial charge in [-0.15, -0.1) is 0 Å². The van der Waals surface area contributed by atoms with Gasteiger partial charge in [0.1, 0.15) is 24.1 Å². The first-order chi connectivity index (χ1) is 19.2. The van der Waals surface area contributed by atoms with Crippen molar-refractivity contribution >= 4 is 47.6 Å². The molecule has 3 unspecified atom stereocenters. The number of aldehydes is 1. The summed E-state index contributed by atoms with van der Waals surface area (Å²) in [6, 6.07) is -0.219. The van der Waals surface area contributed by atoms with Gasteiger partial charge in [0.05, 0.1) is 30.8 Å². The van der Waals surface area contributed by atoms with Gasteiger partial charge < -0.3 is 38.9 Å². The van der Waals surface area contributed by atoms with Crippen LogP contribution in [0.15, 0.2) is 12.2 Å². The van der Waals surface area contributed by atoms with Gasteiger partial charge in [-0.3, -0.25) is 9.59 Å². The molecule has 13 atom stereocenters. The Labute approximate surface area is 273 Å². The Bertz CT molecular complexity index is 947. The van der Waals surface area contributed by atoms with Gasteiger partial charge >= 0.3 is 35.5 Å². The van der Waals surface area contributed by atoms with Gasteiger partial charge in [-0.1, -0.05) is 27.7 Å². The van der Waals surface area contributed by atoms with Crippen molar-refractivity contribution in [1.82, 2.24) is 4.90 Å².